The van der Waals surface area contributed by atoms with Gasteiger partial charge in [-0.05, 0) is 29.1 Å². The molecule has 0 aliphatic heterocycles. The van der Waals surface area contributed by atoms with Crippen molar-refractivity contribution in [3.8, 4) is 5.75 Å². The lowest BCUT2D eigenvalue weighted by Gasteiger charge is -2.07. The number of carbonyl (C=O) groups is 1. The highest BCUT2D eigenvalue weighted by molar-refractivity contribution is 7.89. The number of thiophene rings is 1. The summed E-state index contributed by atoms with van der Waals surface area (Å²) in [5, 5.41) is 9.54. The first-order valence-corrected chi connectivity index (χ1v) is 8.36. The summed E-state index contributed by atoms with van der Waals surface area (Å²) < 4.78 is 27.6. The molecule has 0 radical (unpaired) electrons. The number of sulfonamides is 1. The Morgan fingerprint density at radius 3 is 2.81 bits per heavy atom. The van der Waals surface area contributed by atoms with Gasteiger partial charge in [0.2, 0.25) is 10.0 Å². The van der Waals surface area contributed by atoms with Gasteiger partial charge in [-0.25, -0.2) is 13.6 Å². The Morgan fingerprint density at radius 2 is 2.14 bits per heavy atom. The molecule has 1 aromatic heterocycles. The highest BCUT2D eigenvalue weighted by atomic mass is 32.2. The van der Waals surface area contributed by atoms with Crippen LogP contribution in [0.5, 0.6) is 5.75 Å². The monoisotopic (exact) mass is 326 g/mol. The Morgan fingerprint density at radius 1 is 1.38 bits per heavy atom. The first-order valence-electron chi connectivity index (χ1n) is 5.93. The topological polar surface area (TPSA) is 98.5 Å². The number of nitrogens with one attached hydrogen (secondary N) is 1. The van der Waals surface area contributed by atoms with Crippen LogP contribution in [0.3, 0.4) is 0 Å². The Kier molecular flexibility index (Phi) is 4.61. The second-order valence-corrected chi connectivity index (χ2v) is 6.67. The molecule has 21 heavy (non-hydrogen) atoms. The molecule has 0 aliphatic carbocycles. The Hall–Kier alpha value is -1.90. The first kappa shape index (κ1) is 15.5. The molecule has 1 heterocycles. The first-order chi connectivity index (χ1) is 9.91. The van der Waals surface area contributed by atoms with E-state index < -0.39 is 10.0 Å². The van der Waals surface area contributed by atoms with Crippen molar-refractivity contribution in [1.82, 2.24) is 5.32 Å². The number of nitrogens with two attached hydrogens (primary N) is 1. The van der Waals surface area contributed by atoms with E-state index in [4.69, 9.17) is 9.88 Å². The van der Waals surface area contributed by atoms with Crippen molar-refractivity contribution in [2.45, 2.75) is 11.4 Å². The standard InChI is InChI=1S/C13H14N2O4S2/c1-19-11-5-6-20-12(11)13(16)15-8-9-3-2-4-10(7-9)21(14,17)18/h2-7H,8H2,1H3,(H,15,16)(H2,14,17,18). The van der Waals surface area contributed by atoms with Crippen molar-refractivity contribution in [1.29, 1.82) is 0 Å². The third kappa shape index (κ3) is 3.81. The molecule has 112 valence electrons. The molecule has 6 nitrogen and oxygen atoms in total. The Labute approximate surface area is 126 Å². The fourth-order valence-corrected chi connectivity index (χ4v) is 3.08. The molecule has 0 spiro atoms. The van der Waals surface area contributed by atoms with E-state index in [9.17, 15) is 13.2 Å². The van der Waals surface area contributed by atoms with Gasteiger partial charge in [-0.15, -0.1) is 11.3 Å². The average Bonchev–Trinajstić information content (AvgIpc) is 2.92. The lowest BCUT2D eigenvalue weighted by Crippen LogP contribution is -2.22. The smallest absolute Gasteiger partial charge is 0.265 e. The van der Waals surface area contributed by atoms with Crippen LogP contribution in [0.4, 0.5) is 0 Å². The predicted octanol–water partition coefficient (Wildman–Crippen LogP) is 1.33. The van der Waals surface area contributed by atoms with Crippen molar-refractivity contribution in [2.75, 3.05) is 7.11 Å². The third-order valence-corrected chi connectivity index (χ3v) is 4.54. The summed E-state index contributed by atoms with van der Waals surface area (Å²) in [6.45, 7) is 0.198. The van der Waals surface area contributed by atoms with Crippen LogP contribution < -0.4 is 15.2 Å². The van der Waals surface area contributed by atoms with E-state index in [0.717, 1.165) is 0 Å². The van der Waals surface area contributed by atoms with Crippen LogP contribution in [0.2, 0.25) is 0 Å². The molecule has 3 N–H and O–H groups in total. The maximum Gasteiger partial charge on any atom is 0.265 e. The highest BCUT2D eigenvalue weighted by Gasteiger charge is 2.14. The fourth-order valence-electron chi connectivity index (χ4n) is 1.72. The molecule has 0 saturated heterocycles. The quantitative estimate of drug-likeness (QED) is 0.866. The third-order valence-electron chi connectivity index (χ3n) is 2.74. The maximum absolute atomic E-state index is 12.0. The molecule has 0 aliphatic rings. The molecule has 0 atom stereocenters. The van der Waals surface area contributed by atoms with E-state index in [1.807, 2.05) is 0 Å². The molecular weight excluding hydrogens is 312 g/mol. The van der Waals surface area contributed by atoms with Crippen molar-refractivity contribution in [3.05, 3.63) is 46.2 Å². The van der Waals surface area contributed by atoms with Gasteiger partial charge in [0.15, 0.2) is 0 Å². The minimum Gasteiger partial charge on any atom is -0.495 e. The number of primary sulfonamides is 1. The van der Waals surface area contributed by atoms with E-state index in [2.05, 4.69) is 5.32 Å². The van der Waals surface area contributed by atoms with E-state index in [1.165, 1.54) is 30.6 Å². The van der Waals surface area contributed by atoms with Gasteiger partial charge in [-0.2, -0.15) is 0 Å². The summed E-state index contributed by atoms with van der Waals surface area (Å²) in [5.41, 5.74) is 0.644. The summed E-state index contributed by atoms with van der Waals surface area (Å²) in [6, 6.07) is 7.83. The van der Waals surface area contributed by atoms with Gasteiger partial charge in [-0.3, -0.25) is 4.79 Å². The summed E-state index contributed by atoms with van der Waals surface area (Å²) in [7, 11) is -2.25. The van der Waals surface area contributed by atoms with Crippen LogP contribution in [0.15, 0.2) is 40.6 Å². The number of ether oxygens (including phenoxy) is 1. The van der Waals surface area contributed by atoms with Gasteiger partial charge in [0.05, 0.1) is 12.0 Å². The van der Waals surface area contributed by atoms with Crippen LogP contribution >= 0.6 is 11.3 Å². The summed E-state index contributed by atoms with van der Waals surface area (Å²) >= 11 is 1.27. The van der Waals surface area contributed by atoms with Crippen LogP contribution in [-0.2, 0) is 16.6 Å². The Balaban J connectivity index is 2.08. The molecular formula is C13H14N2O4S2. The van der Waals surface area contributed by atoms with Gasteiger partial charge < -0.3 is 10.1 Å². The maximum atomic E-state index is 12.0. The average molecular weight is 326 g/mol. The molecule has 2 aromatic rings. The molecule has 1 aromatic carbocycles. The van der Waals surface area contributed by atoms with Crippen LogP contribution in [0, 0.1) is 0 Å². The zero-order chi connectivity index (χ0) is 15.5. The summed E-state index contributed by atoms with van der Waals surface area (Å²) in [4.78, 5) is 12.5. The second-order valence-electron chi connectivity index (χ2n) is 4.19. The second kappa shape index (κ2) is 6.25. The van der Waals surface area contributed by atoms with E-state index in [1.54, 1.807) is 23.6 Å². The van der Waals surface area contributed by atoms with Gasteiger partial charge in [0, 0.05) is 6.54 Å². The van der Waals surface area contributed by atoms with Crippen LogP contribution in [0.25, 0.3) is 0 Å². The normalized spacial score (nSPS) is 11.1. The van der Waals surface area contributed by atoms with E-state index in [0.29, 0.717) is 16.2 Å². The molecule has 1 amide bonds. The Bertz CT molecular complexity index is 753. The lowest BCUT2D eigenvalue weighted by atomic mass is 10.2. The number of hydrogen-bond acceptors (Lipinski definition) is 5. The molecule has 0 bridgehead atoms. The van der Waals surface area contributed by atoms with E-state index in [-0.39, 0.29) is 17.3 Å². The fraction of sp³-hybridized carbons (Fsp3) is 0.154. The van der Waals surface area contributed by atoms with Crippen molar-refractivity contribution < 1.29 is 17.9 Å². The summed E-state index contributed by atoms with van der Waals surface area (Å²) in [6.07, 6.45) is 0. The SMILES string of the molecule is COc1ccsc1C(=O)NCc1cccc(S(N)(=O)=O)c1. The molecule has 0 saturated carbocycles. The highest BCUT2D eigenvalue weighted by Crippen LogP contribution is 2.24. The molecule has 0 unspecified atom stereocenters. The van der Waals surface area contributed by atoms with Gasteiger partial charge >= 0.3 is 0 Å². The zero-order valence-electron chi connectivity index (χ0n) is 11.2. The van der Waals surface area contributed by atoms with Crippen molar-refractivity contribution in [2.24, 2.45) is 5.14 Å². The number of carbonyl (C=O) groups excluding carboxylic acids is 1. The minimum absolute atomic E-state index is 0.0166. The lowest BCUT2D eigenvalue weighted by molar-refractivity contribution is 0.0952. The van der Waals surface area contributed by atoms with Crippen LogP contribution in [0.1, 0.15) is 15.2 Å². The van der Waals surface area contributed by atoms with Gasteiger partial charge in [-0.1, -0.05) is 12.1 Å². The number of rotatable bonds is 5. The van der Waals surface area contributed by atoms with Crippen molar-refractivity contribution >= 4 is 27.3 Å². The number of hydrogen-bond donors (Lipinski definition) is 2. The molecule has 2 rings (SSSR count). The largest absolute Gasteiger partial charge is 0.495 e. The molecule has 0 fully saturated rings. The number of benzene rings is 1. The summed E-state index contributed by atoms with van der Waals surface area (Å²) in [5.74, 6) is 0.235. The predicted molar refractivity (Wildman–Crippen MR) is 79.9 cm³/mol. The number of amides is 1. The van der Waals surface area contributed by atoms with E-state index >= 15 is 0 Å². The van der Waals surface area contributed by atoms with Crippen molar-refractivity contribution in [3.63, 3.8) is 0 Å². The zero-order valence-corrected chi connectivity index (χ0v) is 12.8. The van der Waals surface area contributed by atoms with Gasteiger partial charge in [0.1, 0.15) is 10.6 Å². The molecule has 8 heteroatoms. The number of methoxy groups -OCH3 is 1. The van der Waals surface area contributed by atoms with Crippen LogP contribution in [-0.4, -0.2) is 21.4 Å². The van der Waals surface area contributed by atoms with Gasteiger partial charge in [0.25, 0.3) is 5.91 Å². The minimum atomic E-state index is -3.75.